The molecule has 1 fully saturated rings. The summed E-state index contributed by atoms with van der Waals surface area (Å²) < 4.78 is 0. The zero-order valence-electron chi connectivity index (χ0n) is 18.5. The van der Waals surface area contributed by atoms with E-state index in [1.807, 2.05) is 46.8 Å². The van der Waals surface area contributed by atoms with Gasteiger partial charge in [0.05, 0.1) is 13.1 Å². The molecule has 2 rings (SSSR count). The minimum absolute atomic E-state index is 0.00371. The van der Waals surface area contributed by atoms with Crippen molar-refractivity contribution in [3.05, 3.63) is 34.9 Å². The molecule has 160 valence electrons. The van der Waals surface area contributed by atoms with Crippen LogP contribution in [0.5, 0.6) is 0 Å². The summed E-state index contributed by atoms with van der Waals surface area (Å²) in [4.78, 5) is 42.6. The third-order valence-electron chi connectivity index (χ3n) is 5.08. The molecule has 0 bridgehead atoms. The van der Waals surface area contributed by atoms with E-state index in [-0.39, 0.29) is 29.8 Å². The van der Waals surface area contributed by atoms with E-state index in [4.69, 9.17) is 0 Å². The van der Waals surface area contributed by atoms with E-state index in [1.165, 1.54) is 4.90 Å². The molecule has 1 aliphatic rings. The van der Waals surface area contributed by atoms with E-state index >= 15 is 0 Å². The molecule has 7 heteroatoms. The number of carbonyl (C=O) groups excluding carboxylic acids is 3. The molecular weight excluding hydrogens is 368 g/mol. The average molecular weight is 403 g/mol. The van der Waals surface area contributed by atoms with Gasteiger partial charge in [0, 0.05) is 44.3 Å². The minimum Gasteiger partial charge on any atom is -0.350 e. The van der Waals surface area contributed by atoms with E-state index in [2.05, 4.69) is 10.2 Å². The molecule has 29 heavy (non-hydrogen) atoms. The van der Waals surface area contributed by atoms with Crippen LogP contribution >= 0.6 is 0 Å². The number of carbonyl (C=O) groups is 3. The molecule has 1 aromatic rings. The van der Waals surface area contributed by atoms with E-state index in [0.29, 0.717) is 38.3 Å². The Hall–Kier alpha value is -2.41. The Morgan fingerprint density at radius 1 is 1.03 bits per heavy atom. The van der Waals surface area contributed by atoms with Gasteiger partial charge in [-0.2, -0.15) is 0 Å². The molecule has 0 spiro atoms. The maximum atomic E-state index is 12.6. The van der Waals surface area contributed by atoms with Crippen molar-refractivity contribution in [2.24, 2.45) is 0 Å². The van der Waals surface area contributed by atoms with Crippen molar-refractivity contribution in [1.82, 2.24) is 20.0 Å². The van der Waals surface area contributed by atoms with Gasteiger partial charge in [-0.05, 0) is 57.9 Å². The van der Waals surface area contributed by atoms with E-state index in [0.717, 1.165) is 11.1 Å². The number of piperazine rings is 1. The third-order valence-corrected chi connectivity index (χ3v) is 5.08. The Kier molecular flexibility index (Phi) is 7.41. The quantitative estimate of drug-likeness (QED) is 0.809. The Balaban J connectivity index is 1.82. The molecule has 0 aliphatic carbocycles. The zero-order chi connectivity index (χ0) is 21.8. The molecular formula is C22H34N4O3. The van der Waals surface area contributed by atoms with Crippen molar-refractivity contribution in [2.45, 2.75) is 40.2 Å². The topological polar surface area (TPSA) is 73.0 Å². The Bertz CT molecular complexity index is 762. The van der Waals surface area contributed by atoms with Crippen molar-refractivity contribution < 1.29 is 14.4 Å². The standard InChI is InChI=1S/C22H34N4O3/c1-16-7-8-18(13-17(16)2)21(29)24(6)15-20(28)26-11-9-25(10-12-26)14-19(27)23-22(3,4)5/h7-8,13H,9-12,14-15H2,1-6H3,(H,23,27). The molecule has 1 N–H and O–H groups in total. The number of aryl methyl sites for hydroxylation is 2. The van der Waals surface area contributed by atoms with Crippen LogP contribution in [-0.2, 0) is 9.59 Å². The highest BCUT2D eigenvalue weighted by molar-refractivity contribution is 5.96. The van der Waals surface area contributed by atoms with Crippen molar-refractivity contribution in [3.8, 4) is 0 Å². The molecule has 1 aliphatic heterocycles. The molecule has 1 aromatic carbocycles. The first-order chi connectivity index (χ1) is 13.5. The second-order valence-corrected chi connectivity index (χ2v) is 8.92. The molecule has 7 nitrogen and oxygen atoms in total. The van der Waals surface area contributed by atoms with Gasteiger partial charge in [0.1, 0.15) is 0 Å². The summed E-state index contributed by atoms with van der Waals surface area (Å²) in [6, 6.07) is 5.58. The van der Waals surface area contributed by atoms with Gasteiger partial charge in [-0.1, -0.05) is 6.07 Å². The van der Waals surface area contributed by atoms with Gasteiger partial charge in [0.2, 0.25) is 11.8 Å². The molecule has 1 heterocycles. The first-order valence-corrected chi connectivity index (χ1v) is 10.1. The highest BCUT2D eigenvalue weighted by atomic mass is 16.2. The SMILES string of the molecule is Cc1ccc(C(=O)N(C)CC(=O)N2CCN(CC(=O)NC(C)(C)C)CC2)cc1C. The molecule has 0 radical (unpaired) electrons. The number of rotatable bonds is 5. The summed E-state index contributed by atoms with van der Waals surface area (Å²) in [5, 5.41) is 2.96. The number of nitrogens with zero attached hydrogens (tertiary/aromatic N) is 3. The fraction of sp³-hybridized carbons (Fsp3) is 0.591. The highest BCUT2D eigenvalue weighted by Gasteiger charge is 2.25. The molecule has 1 saturated heterocycles. The lowest BCUT2D eigenvalue weighted by Crippen LogP contribution is -2.54. The number of likely N-dealkylation sites (N-methyl/N-ethyl adjacent to an activating group) is 1. The first-order valence-electron chi connectivity index (χ1n) is 10.1. The monoisotopic (exact) mass is 402 g/mol. The molecule has 0 unspecified atom stereocenters. The second-order valence-electron chi connectivity index (χ2n) is 8.92. The second kappa shape index (κ2) is 9.39. The van der Waals surface area contributed by atoms with Gasteiger partial charge in [-0.25, -0.2) is 0 Å². The van der Waals surface area contributed by atoms with Crippen LogP contribution in [0, 0.1) is 13.8 Å². The van der Waals surface area contributed by atoms with Gasteiger partial charge < -0.3 is 15.1 Å². The lowest BCUT2D eigenvalue weighted by molar-refractivity contribution is -0.133. The van der Waals surface area contributed by atoms with Crippen LogP contribution in [0.2, 0.25) is 0 Å². The maximum absolute atomic E-state index is 12.6. The Labute approximate surface area is 174 Å². The number of hydrogen-bond donors (Lipinski definition) is 1. The normalized spacial score (nSPS) is 15.2. The Morgan fingerprint density at radius 2 is 1.66 bits per heavy atom. The lowest BCUT2D eigenvalue weighted by Gasteiger charge is -2.35. The largest absolute Gasteiger partial charge is 0.350 e. The lowest BCUT2D eigenvalue weighted by atomic mass is 10.1. The number of nitrogens with one attached hydrogen (secondary N) is 1. The van der Waals surface area contributed by atoms with Gasteiger partial charge in [0.15, 0.2) is 0 Å². The fourth-order valence-corrected chi connectivity index (χ4v) is 3.29. The summed E-state index contributed by atoms with van der Waals surface area (Å²) in [6.45, 7) is 12.7. The van der Waals surface area contributed by atoms with E-state index < -0.39 is 0 Å². The average Bonchev–Trinajstić information content (AvgIpc) is 2.62. The van der Waals surface area contributed by atoms with Crippen LogP contribution < -0.4 is 5.32 Å². The van der Waals surface area contributed by atoms with Gasteiger partial charge in [0.25, 0.3) is 5.91 Å². The zero-order valence-corrected chi connectivity index (χ0v) is 18.5. The van der Waals surface area contributed by atoms with E-state index in [1.54, 1.807) is 18.0 Å². The summed E-state index contributed by atoms with van der Waals surface area (Å²) in [5.41, 5.74) is 2.54. The first kappa shape index (κ1) is 22.9. The van der Waals surface area contributed by atoms with Gasteiger partial charge in [-0.3, -0.25) is 19.3 Å². The van der Waals surface area contributed by atoms with Crippen LogP contribution in [0.4, 0.5) is 0 Å². The van der Waals surface area contributed by atoms with Crippen molar-refractivity contribution >= 4 is 17.7 Å². The minimum atomic E-state index is -0.248. The van der Waals surface area contributed by atoms with Gasteiger partial charge in [-0.15, -0.1) is 0 Å². The summed E-state index contributed by atoms with van der Waals surface area (Å²) in [6.07, 6.45) is 0. The van der Waals surface area contributed by atoms with Crippen molar-refractivity contribution in [3.63, 3.8) is 0 Å². The van der Waals surface area contributed by atoms with Crippen LogP contribution in [0.3, 0.4) is 0 Å². The smallest absolute Gasteiger partial charge is 0.254 e. The fourth-order valence-electron chi connectivity index (χ4n) is 3.29. The molecule has 3 amide bonds. The summed E-state index contributed by atoms with van der Waals surface area (Å²) in [7, 11) is 1.66. The summed E-state index contributed by atoms with van der Waals surface area (Å²) >= 11 is 0. The maximum Gasteiger partial charge on any atom is 0.254 e. The highest BCUT2D eigenvalue weighted by Crippen LogP contribution is 2.12. The van der Waals surface area contributed by atoms with Crippen LogP contribution in [0.25, 0.3) is 0 Å². The molecule has 0 saturated carbocycles. The number of hydrogen-bond acceptors (Lipinski definition) is 4. The van der Waals surface area contributed by atoms with Crippen molar-refractivity contribution in [2.75, 3.05) is 46.3 Å². The molecule has 0 aromatic heterocycles. The van der Waals surface area contributed by atoms with Gasteiger partial charge >= 0.3 is 0 Å². The number of amides is 3. The van der Waals surface area contributed by atoms with Crippen molar-refractivity contribution in [1.29, 1.82) is 0 Å². The molecule has 0 atom stereocenters. The third kappa shape index (κ3) is 6.85. The van der Waals surface area contributed by atoms with Crippen LogP contribution in [0.1, 0.15) is 42.3 Å². The Morgan fingerprint density at radius 3 is 2.21 bits per heavy atom. The van der Waals surface area contributed by atoms with Crippen LogP contribution in [-0.4, -0.2) is 84.3 Å². The predicted octanol–water partition coefficient (Wildman–Crippen LogP) is 1.43. The number of benzene rings is 1. The van der Waals surface area contributed by atoms with Crippen LogP contribution in [0.15, 0.2) is 18.2 Å². The summed E-state index contributed by atoms with van der Waals surface area (Å²) in [5.74, 6) is -0.224. The van der Waals surface area contributed by atoms with E-state index in [9.17, 15) is 14.4 Å². The predicted molar refractivity (Wildman–Crippen MR) is 114 cm³/mol.